The predicted octanol–water partition coefficient (Wildman–Crippen LogP) is 0.746. The van der Waals surface area contributed by atoms with Crippen molar-refractivity contribution in [2.45, 2.75) is 25.9 Å². The number of aromatic amines is 1. The van der Waals surface area contributed by atoms with Crippen LogP contribution in [-0.4, -0.2) is 51.0 Å². The maximum absolute atomic E-state index is 9.60. The van der Waals surface area contributed by atoms with Gasteiger partial charge in [0.15, 0.2) is 5.65 Å². The van der Waals surface area contributed by atoms with Crippen molar-refractivity contribution >= 4 is 22.8 Å². The van der Waals surface area contributed by atoms with E-state index in [1.807, 2.05) is 6.92 Å². The molecule has 0 amide bonds. The summed E-state index contributed by atoms with van der Waals surface area (Å²) in [7, 11) is 0. The van der Waals surface area contributed by atoms with Gasteiger partial charge in [0.2, 0.25) is 5.95 Å². The second kappa shape index (κ2) is 5.00. The first-order valence-corrected chi connectivity index (χ1v) is 6.66. The Hall–Kier alpha value is -1.89. The van der Waals surface area contributed by atoms with Gasteiger partial charge in [0, 0.05) is 19.6 Å². The third kappa shape index (κ3) is 2.33. The maximum Gasteiger partial charge on any atom is 0.226 e. The fraction of sp³-hybridized carbons (Fsp3) is 0.583. The Morgan fingerprint density at radius 2 is 2.21 bits per heavy atom. The van der Waals surface area contributed by atoms with Crippen molar-refractivity contribution < 1.29 is 5.11 Å². The SMILES string of the molecule is CCNc1nc(N2CCC(O)CC2)c2cn[nH]c2n1. The van der Waals surface area contributed by atoms with Crippen LogP contribution in [0.1, 0.15) is 19.8 Å². The maximum atomic E-state index is 9.60. The van der Waals surface area contributed by atoms with Crippen molar-refractivity contribution in [2.75, 3.05) is 29.9 Å². The van der Waals surface area contributed by atoms with Gasteiger partial charge < -0.3 is 15.3 Å². The molecule has 2 aromatic rings. The quantitative estimate of drug-likeness (QED) is 0.756. The zero-order chi connectivity index (χ0) is 13.2. The highest BCUT2D eigenvalue weighted by Crippen LogP contribution is 2.26. The van der Waals surface area contributed by atoms with E-state index in [4.69, 9.17) is 0 Å². The smallest absolute Gasteiger partial charge is 0.226 e. The van der Waals surface area contributed by atoms with Gasteiger partial charge in [-0.25, -0.2) is 0 Å². The van der Waals surface area contributed by atoms with Gasteiger partial charge in [-0.1, -0.05) is 0 Å². The first kappa shape index (κ1) is 12.2. The highest BCUT2D eigenvalue weighted by atomic mass is 16.3. The van der Waals surface area contributed by atoms with Crippen molar-refractivity contribution in [1.29, 1.82) is 0 Å². The number of aliphatic hydroxyl groups is 1. The second-order valence-electron chi connectivity index (χ2n) is 4.75. The summed E-state index contributed by atoms with van der Waals surface area (Å²) in [6, 6.07) is 0. The van der Waals surface area contributed by atoms with Crippen molar-refractivity contribution in [3.63, 3.8) is 0 Å². The van der Waals surface area contributed by atoms with Crippen LogP contribution >= 0.6 is 0 Å². The Morgan fingerprint density at radius 1 is 1.42 bits per heavy atom. The molecule has 1 saturated heterocycles. The number of nitrogens with zero attached hydrogens (tertiary/aromatic N) is 4. The van der Waals surface area contributed by atoms with Crippen LogP contribution < -0.4 is 10.2 Å². The predicted molar refractivity (Wildman–Crippen MR) is 73.3 cm³/mol. The van der Waals surface area contributed by atoms with Gasteiger partial charge in [-0.2, -0.15) is 15.1 Å². The summed E-state index contributed by atoms with van der Waals surface area (Å²) in [5.74, 6) is 1.50. The lowest BCUT2D eigenvalue weighted by molar-refractivity contribution is 0.145. The molecule has 0 radical (unpaired) electrons. The van der Waals surface area contributed by atoms with Gasteiger partial charge in [0.05, 0.1) is 17.7 Å². The molecule has 3 heterocycles. The molecule has 3 rings (SSSR count). The van der Waals surface area contributed by atoms with Crippen LogP contribution in [0, 0.1) is 0 Å². The van der Waals surface area contributed by atoms with E-state index in [0.717, 1.165) is 49.3 Å². The van der Waals surface area contributed by atoms with E-state index in [1.54, 1.807) is 6.20 Å². The van der Waals surface area contributed by atoms with E-state index in [0.29, 0.717) is 5.95 Å². The van der Waals surface area contributed by atoms with Crippen molar-refractivity contribution in [1.82, 2.24) is 20.2 Å². The highest BCUT2D eigenvalue weighted by Gasteiger charge is 2.21. The third-order valence-corrected chi connectivity index (χ3v) is 3.39. The van der Waals surface area contributed by atoms with Gasteiger partial charge in [0.25, 0.3) is 0 Å². The molecule has 0 aliphatic carbocycles. The standard InChI is InChI=1S/C12H18N6O/c1-2-13-12-15-10-9(7-14-17-10)11(16-12)18-5-3-8(19)4-6-18/h7-8,19H,2-6H2,1H3,(H2,13,14,15,16,17). The van der Waals surface area contributed by atoms with E-state index in [2.05, 4.69) is 30.4 Å². The van der Waals surface area contributed by atoms with Gasteiger partial charge >= 0.3 is 0 Å². The van der Waals surface area contributed by atoms with Crippen molar-refractivity contribution in [3.05, 3.63) is 6.20 Å². The van der Waals surface area contributed by atoms with E-state index in [1.165, 1.54) is 0 Å². The summed E-state index contributed by atoms with van der Waals surface area (Å²) >= 11 is 0. The van der Waals surface area contributed by atoms with Gasteiger partial charge in [0.1, 0.15) is 5.82 Å². The molecule has 2 aromatic heterocycles. The number of hydrogen-bond acceptors (Lipinski definition) is 6. The number of nitrogens with one attached hydrogen (secondary N) is 2. The summed E-state index contributed by atoms with van der Waals surface area (Å²) in [6.45, 7) is 4.41. The van der Waals surface area contributed by atoms with Gasteiger partial charge in [-0.15, -0.1) is 0 Å². The lowest BCUT2D eigenvalue weighted by Gasteiger charge is -2.30. The minimum atomic E-state index is -0.189. The Balaban J connectivity index is 1.98. The molecule has 3 N–H and O–H groups in total. The number of aliphatic hydroxyl groups excluding tert-OH is 1. The summed E-state index contributed by atoms with van der Waals surface area (Å²) in [4.78, 5) is 11.1. The molecule has 0 unspecified atom stereocenters. The molecule has 0 bridgehead atoms. The van der Waals surface area contributed by atoms with E-state index in [9.17, 15) is 5.11 Å². The minimum Gasteiger partial charge on any atom is -0.393 e. The number of piperidine rings is 1. The molecular formula is C12H18N6O. The normalized spacial score (nSPS) is 17.1. The fourth-order valence-electron chi connectivity index (χ4n) is 2.38. The largest absolute Gasteiger partial charge is 0.393 e. The van der Waals surface area contributed by atoms with E-state index < -0.39 is 0 Å². The minimum absolute atomic E-state index is 0.189. The summed E-state index contributed by atoms with van der Waals surface area (Å²) in [5.41, 5.74) is 0.743. The number of fused-ring (bicyclic) bond motifs is 1. The molecule has 0 aromatic carbocycles. The van der Waals surface area contributed by atoms with Crippen LogP contribution in [0.4, 0.5) is 11.8 Å². The topological polar surface area (TPSA) is 90.0 Å². The molecule has 102 valence electrons. The first-order chi connectivity index (χ1) is 9.28. The second-order valence-corrected chi connectivity index (χ2v) is 4.75. The number of anilines is 2. The lowest BCUT2D eigenvalue weighted by atomic mass is 10.1. The molecule has 7 heteroatoms. The number of H-pyrrole nitrogens is 1. The molecule has 0 spiro atoms. The summed E-state index contributed by atoms with van der Waals surface area (Å²) in [6.07, 6.45) is 3.12. The summed E-state index contributed by atoms with van der Waals surface area (Å²) < 4.78 is 0. The van der Waals surface area contributed by atoms with Crippen molar-refractivity contribution in [2.24, 2.45) is 0 Å². The van der Waals surface area contributed by atoms with Crippen LogP contribution in [0.25, 0.3) is 11.0 Å². The Morgan fingerprint density at radius 3 is 2.95 bits per heavy atom. The van der Waals surface area contributed by atoms with Crippen LogP contribution in [-0.2, 0) is 0 Å². The van der Waals surface area contributed by atoms with Crippen LogP contribution in [0.2, 0.25) is 0 Å². The number of hydrogen-bond donors (Lipinski definition) is 3. The first-order valence-electron chi connectivity index (χ1n) is 6.66. The molecule has 7 nitrogen and oxygen atoms in total. The van der Waals surface area contributed by atoms with Gasteiger partial charge in [-0.3, -0.25) is 5.10 Å². The third-order valence-electron chi connectivity index (χ3n) is 3.39. The van der Waals surface area contributed by atoms with Crippen LogP contribution in [0.5, 0.6) is 0 Å². The zero-order valence-electron chi connectivity index (χ0n) is 10.9. The average Bonchev–Trinajstić information content (AvgIpc) is 2.87. The molecule has 1 aliphatic rings. The van der Waals surface area contributed by atoms with E-state index >= 15 is 0 Å². The number of aromatic nitrogens is 4. The van der Waals surface area contributed by atoms with Crippen molar-refractivity contribution in [3.8, 4) is 0 Å². The molecule has 1 fully saturated rings. The Kier molecular flexibility index (Phi) is 3.20. The fourth-order valence-corrected chi connectivity index (χ4v) is 2.38. The molecule has 0 saturated carbocycles. The zero-order valence-corrected chi connectivity index (χ0v) is 10.9. The highest BCUT2D eigenvalue weighted by molar-refractivity contribution is 5.87. The average molecular weight is 262 g/mol. The molecular weight excluding hydrogens is 244 g/mol. The Labute approximate surface area is 111 Å². The van der Waals surface area contributed by atoms with Crippen LogP contribution in [0.15, 0.2) is 6.20 Å². The number of rotatable bonds is 3. The van der Waals surface area contributed by atoms with Gasteiger partial charge in [-0.05, 0) is 19.8 Å². The summed E-state index contributed by atoms with van der Waals surface area (Å²) in [5, 5.41) is 20.6. The molecule has 1 aliphatic heterocycles. The molecule has 19 heavy (non-hydrogen) atoms. The van der Waals surface area contributed by atoms with Crippen LogP contribution in [0.3, 0.4) is 0 Å². The lowest BCUT2D eigenvalue weighted by Crippen LogP contribution is -2.36. The Bertz CT molecular complexity index is 560. The van der Waals surface area contributed by atoms with E-state index in [-0.39, 0.29) is 6.10 Å². The monoisotopic (exact) mass is 262 g/mol. The molecule has 0 atom stereocenters.